The Morgan fingerprint density at radius 2 is 1.84 bits per heavy atom. The molecule has 1 aliphatic carbocycles. The molecule has 0 radical (unpaired) electrons. The van der Waals surface area contributed by atoms with Crippen molar-refractivity contribution in [1.82, 2.24) is 20.4 Å². The van der Waals surface area contributed by atoms with E-state index < -0.39 is 0 Å². The van der Waals surface area contributed by atoms with Gasteiger partial charge in [-0.1, -0.05) is 12.8 Å². The van der Waals surface area contributed by atoms with Gasteiger partial charge >= 0.3 is 0 Å². The van der Waals surface area contributed by atoms with E-state index in [2.05, 4.69) is 34.4 Å². The fourth-order valence-electron chi connectivity index (χ4n) is 4.19. The number of hydrogen-bond donors (Lipinski definition) is 2. The zero-order valence-corrected chi connectivity index (χ0v) is 16.8. The second-order valence-corrected chi connectivity index (χ2v) is 8.16. The van der Waals surface area contributed by atoms with Gasteiger partial charge in [-0.25, -0.2) is 0 Å². The molecule has 1 amide bonds. The molecule has 6 nitrogen and oxygen atoms in total. The molecule has 0 spiro atoms. The third-order valence-electron chi connectivity index (χ3n) is 5.84. The molecule has 0 aromatic carbocycles. The van der Waals surface area contributed by atoms with Crippen molar-refractivity contribution in [1.29, 1.82) is 0 Å². The van der Waals surface area contributed by atoms with Gasteiger partial charge in [0.15, 0.2) is 5.96 Å². The summed E-state index contributed by atoms with van der Waals surface area (Å²) < 4.78 is 0. The summed E-state index contributed by atoms with van der Waals surface area (Å²) in [6, 6.07) is 1.09. The van der Waals surface area contributed by atoms with Crippen molar-refractivity contribution in [2.45, 2.75) is 64.5 Å². The van der Waals surface area contributed by atoms with Crippen molar-refractivity contribution in [3.8, 4) is 0 Å². The van der Waals surface area contributed by atoms with Crippen LogP contribution in [0.25, 0.3) is 0 Å². The van der Waals surface area contributed by atoms with Crippen LogP contribution >= 0.6 is 0 Å². The van der Waals surface area contributed by atoms with E-state index in [1.807, 2.05) is 21.1 Å². The molecule has 0 aromatic rings. The molecule has 1 heterocycles. The summed E-state index contributed by atoms with van der Waals surface area (Å²) >= 11 is 0. The Bertz CT molecular complexity index is 460. The summed E-state index contributed by atoms with van der Waals surface area (Å²) in [6.07, 6.45) is 6.50. The van der Waals surface area contributed by atoms with E-state index in [-0.39, 0.29) is 11.3 Å². The van der Waals surface area contributed by atoms with Crippen molar-refractivity contribution in [2.75, 3.05) is 40.8 Å². The van der Waals surface area contributed by atoms with Crippen LogP contribution in [0.3, 0.4) is 0 Å². The Kier molecular flexibility index (Phi) is 7.11. The number of rotatable bonds is 5. The number of likely N-dealkylation sites (tertiary alicyclic amines) is 1. The van der Waals surface area contributed by atoms with Gasteiger partial charge < -0.3 is 20.4 Å². The number of piperidine rings is 1. The number of guanidine groups is 1. The van der Waals surface area contributed by atoms with Crippen LogP contribution < -0.4 is 10.6 Å². The second-order valence-electron chi connectivity index (χ2n) is 8.16. The molecule has 0 aromatic heterocycles. The highest BCUT2D eigenvalue weighted by atomic mass is 16.2. The molecule has 144 valence electrons. The summed E-state index contributed by atoms with van der Waals surface area (Å²) in [6.45, 7) is 7.47. The molecule has 0 atom stereocenters. The zero-order valence-electron chi connectivity index (χ0n) is 16.8. The monoisotopic (exact) mass is 351 g/mol. The molecule has 0 bridgehead atoms. The summed E-state index contributed by atoms with van der Waals surface area (Å²) in [4.78, 5) is 21.3. The Hall–Kier alpha value is -1.30. The van der Waals surface area contributed by atoms with Crippen LogP contribution in [0, 0.1) is 5.41 Å². The van der Waals surface area contributed by atoms with Crippen LogP contribution in [0.2, 0.25) is 0 Å². The van der Waals surface area contributed by atoms with Gasteiger partial charge in [0.2, 0.25) is 5.91 Å². The SMILES string of the molecule is CN=C(NCC1(C(=O)N(C)C)CCCC1)NC1CCN(C(C)C)CC1. The predicted octanol–water partition coefficient (Wildman–Crippen LogP) is 1.67. The molecule has 0 unspecified atom stereocenters. The van der Waals surface area contributed by atoms with Crippen molar-refractivity contribution >= 4 is 11.9 Å². The minimum absolute atomic E-state index is 0.248. The highest BCUT2D eigenvalue weighted by molar-refractivity contribution is 5.85. The van der Waals surface area contributed by atoms with Crippen molar-refractivity contribution < 1.29 is 4.79 Å². The molecule has 25 heavy (non-hydrogen) atoms. The standard InChI is InChI=1S/C19H37N5O/c1-15(2)24-12-8-16(9-13-24)22-18(20-3)21-14-19(10-6-7-11-19)17(25)23(4)5/h15-16H,6-14H2,1-5H3,(H2,20,21,22). The maximum atomic E-state index is 12.7. The third-order valence-corrected chi connectivity index (χ3v) is 5.84. The van der Waals surface area contributed by atoms with E-state index in [0.717, 1.165) is 57.6 Å². The smallest absolute Gasteiger partial charge is 0.230 e. The summed E-state index contributed by atoms with van der Waals surface area (Å²) in [5.74, 6) is 1.08. The molecule has 6 heteroatoms. The van der Waals surface area contributed by atoms with E-state index in [1.165, 1.54) is 0 Å². The van der Waals surface area contributed by atoms with Gasteiger partial charge in [-0.15, -0.1) is 0 Å². The van der Waals surface area contributed by atoms with Crippen LogP contribution in [0.15, 0.2) is 4.99 Å². The Labute approximate surface area is 153 Å². The molecule has 1 aliphatic heterocycles. The molecule has 2 aliphatic rings. The Balaban J connectivity index is 1.87. The largest absolute Gasteiger partial charge is 0.355 e. The van der Waals surface area contributed by atoms with Crippen LogP contribution in [-0.4, -0.2) is 74.5 Å². The van der Waals surface area contributed by atoms with E-state index >= 15 is 0 Å². The van der Waals surface area contributed by atoms with Gasteiger partial charge in [0.05, 0.1) is 5.41 Å². The quantitative estimate of drug-likeness (QED) is 0.584. The average molecular weight is 352 g/mol. The van der Waals surface area contributed by atoms with Gasteiger partial charge in [0.1, 0.15) is 0 Å². The van der Waals surface area contributed by atoms with E-state index in [1.54, 1.807) is 4.90 Å². The predicted molar refractivity (Wildman–Crippen MR) is 104 cm³/mol. The lowest BCUT2D eigenvalue weighted by atomic mass is 9.84. The van der Waals surface area contributed by atoms with Crippen LogP contribution in [0.5, 0.6) is 0 Å². The number of hydrogen-bond acceptors (Lipinski definition) is 3. The number of carbonyl (C=O) groups is 1. The van der Waals surface area contributed by atoms with Crippen LogP contribution in [-0.2, 0) is 4.79 Å². The number of aliphatic imine (C=N–C) groups is 1. The number of amides is 1. The second kappa shape index (κ2) is 8.88. The minimum atomic E-state index is -0.262. The van der Waals surface area contributed by atoms with Crippen molar-refractivity contribution in [2.24, 2.45) is 10.4 Å². The average Bonchev–Trinajstić information content (AvgIpc) is 3.08. The van der Waals surface area contributed by atoms with Crippen LogP contribution in [0.4, 0.5) is 0 Å². The van der Waals surface area contributed by atoms with E-state index in [4.69, 9.17) is 0 Å². The van der Waals surface area contributed by atoms with E-state index in [0.29, 0.717) is 18.6 Å². The molecular weight excluding hydrogens is 314 g/mol. The van der Waals surface area contributed by atoms with Gasteiger partial charge in [0, 0.05) is 52.9 Å². The maximum Gasteiger partial charge on any atom is 0.230 e. The first-order valence-electron chi connectivity index (χ1n) is 9.81. The summed E-state index contributed by atoms with van der Waals surface area (Å²) in [5, 5.41) is 7.01. The number of nitrogens with one attached hydrogen (secondary N) is 2. The van der Waals surface area contributed by atoms with Gasteiger partial charge in [-0.2, -0.15) is 0 Å². The van der Waals surface area contributed by atoms with E-state index in [9.17, 15) is 4.79 Å². The minimum Gasteiger partial charge on any atom is -0.355 e. The topological polar surface area (TPSA) is 60.0 Å². The third kappa shape index (κ3) is 5.09. The Morgan fingerprint density at radius 1 is 1.24 bits per heavy atom. The zero-order chi connectivity index (χ0) is 18.4. The summed E-state index contributed by atoms with van der Waals surface area (Å²) in [5.41, 5.74) is -0.262. The molecular formula is C19H37N5O. The molecule has 2 rings (SSSR count). The van der Waals surface area contributed by atoms with Gasteiger partial charge in [-0.05, 0) is 39.5 Å². The highest BCUT2D eigenvalue weighted by Gasteiger charge is 2.42. The lowest BCUT2D eigenvalue weighted by molar-refractivity contribution is -0.138. The highest BCUT2D eigenvalue weighted by Crippen LogP contribution is 2.38. The Morgan fingerprint density at radius 3 is 2.32 bits per heavy atom. The van der Waals surface area contributed by atoms with Crippen LogP contribution in [0.1, 0.15) is 52.4 Å². The lowest BCUT2D eigenvalue weighted by Gasteiger charge is -2.36. The van der Waals surface area contributed by atoms with Crippen molar-refractivity contribution in [3.63, 3.8) is 0 Å². The first-order chi connectivity index (χ1) is 11.9. The number of nitrogens with zero attached hydrogens (tertiary/aromatic N) is 3. The fourth-order valence-corrected chi connectivity index (χ4v) is 4.19. The number of carbonyl (C=O) groups excluding carboxylic acids is 1. The van der Waals surface area contributed by atoms with Gasteiger partial charge in [-0.3, -0.25) is 9.79 Å². The molecule has 1 saturated carbocycles. The normalized spacial score (nSPS) is 22.2. The summed E-state index contributed by atoms with van der Waals surface area (Å²) in [7, 11) is 5.53. The maximum absolute atomic E-state index is 12.7. The fraction of sp³-hybridized carbons (Fsp3) is 0.895. The molecule has 1 saturated heterocycles. The van der Waals surface area contributed by atoms with Gasteiger partial charge in [0.25, 0.3) is 0 Å². The van der Waals surface area contributed by atoms with Crippen molar-refractivity contribution in [3.05, 3.63) is 0 Å². The first-order valence-corrected chi connectivity index (χ1v) is 9.81. The molecule has 2 fully saturated rings. The first kappa shape index (κ1) is 20.0. The molecule has 2 N–H and O–H groups in total. The lowest BCUT2D eigenvalue weighted by Crippen LogP contribution is -2.53.